The lowest BCUT2D eigenvalue weighted by Crippen LogP contribution is -2.62. The molecule has 12 nitrogen and oxygen atoms in total. The molecule has 13 heteroatoms. The summed E-state index contributed by atoms with van der Waals surface area (Å²) in [6.07, 6.45) is -6.01. The number of hydrogen-bond acceptors (Lipinski definition) is 12. The highest BCUT2D eigenvalue weighted by atomic mass is 35.5. The molecule has 1 saturated heterocycles. The van der Waals surface area contributed by atoms with Crippen LogP contribution in [0.4, 0.5) is 5.82 Å². The van der Waals surface area contributed by atoms with Gasteiger partial charge < -0.3 is 29.4 Å². The molecule has 5 atom stereocenters. The standard InChI is InChI=1S/C27H28ClN3O9/c1-13(32)36-12-23-25(38-15(3)34)26(39-16(4)35)24(37-14(2)33)22(40-23)10-19-9-20(21(11-29)27(30)31-19)17-5-7-18(28)8-6-17/h5-9,22-26H,10,12H2,1-4H3,(H2,30,31)/t22-,23+,24-,25+,26+/m0/s1. The van der Waals surface area contributed by atoms with Crippen LogP contribution in [0.2, 0.25) is 5.02 Å². The van der Waals surface area contributed by atoms with Crippen LogP contribution < -0.4 is 5.73 Å². The number of hydrogen-bond donors (Lipinski definition) is 1. The highest BCUT2D eigenvalue weighted by molar-refractivity contribution is 6.30. The van der Waals surface area contributed by atoms with Crippen LogP contribution in [0.25, 0.3) is 11.1 Å². The van der Waals surface area contributed by atoms with Gasteiger partial charge in [0.1, 0.15) is 36.3 Å². The van der Waals surface area contributed by atoms with E-state index < -0.39 is 54.4 Å². The van der Waals surface area contributed by atoms with Crippen LogP contribution in [0, 0.1) is 11.3 Å². The van der Waals surface area contributed by atoms with Gasteiger partial charge in [-0.15, -0.1) is 0 Å². The number of pyridine rings is 1. The van der Waals surface area contributed by atoms with Crippen LogP contribution in [-0.4, -0.2) is 66.0 Å². The molecule has 0 saturated carbocycles. The van der Waals surface area contributed by atoms with Gasteiger partial charge in [-0.1, -0.05) is 23.7 Å². The first-order valence-electron chi connectivity index (χ1n) is 12.2. The van der Waals surface area contributed by atoms with Crippen LogP contribution in [0.5, 0.6) is 0 Å². The number of nitrogen functional groups attached to an aromatic ring is 1. The van der Waals surface area contributed by atoms with Gasteiger partial charge in [-0.2, -0.15) is 5.26 Å². The molecular formula is C27H28ClN3O9. The molecule has 0 aliphatic carbocycles. The molecule has 0 spiro atoms. The average Bonchev–Trinajstić information content (AvgIpc) is 2.85. The number of halogens is 1. The summed E-state index contributed by atoms with van der Waals surface area (Å²) in [7, 11) is 0. The Hall–Kier alpha value is -4.21. The van der Waals surface area contributed by atoms with E-state index >= 15 is 0 Å². The quantitative estimate of drug-likeness (QED) is 0.361. The Morgan fingerprint density at radius 1 is 0.925 bits per heavy atom. The highest BCUT2D eigenvalue weighted by Crippen LogP contribution is 2.33. The summed E-state index contributed by atoms with van der Waals surface area (Å²) in [5, 5.41) is 10.2. The molecule has 40 heavy (non-hydrogen) atoms. The van der Waals surface area contributed by atoms with E-state index in [1.165, 1.54) is 6.92 Å². The fourth-order valence-corrected chi connectivity index (χ4v) is 4.51. The van der Waals surface area contributed by atoms with E-state index in [9.17, 15) is 24.4 Å². The number of ether oxygens (including phenoxy) is 5. The van der Waals surface area contributed by atoms with Crippen LogP contribution >= 0.6 is 11.6 Å². The van der Waals surface area contributed by atoms with Gasteiger partial charge in [0.05, 0.1) is 0 Å². The van der Waals surface area contributed by atoms with Crippen molar-refractivity contribution >= 4 is 41.3 Å². The molecule has 1 aromatic carbocycles. The SMILES string of the molecule is CC(=O)OC[C@H]1O[C@@H](Cc2cc(-c3ccc(Cl)cc3)c(C#N)c(N)n2)[C@H](OC(C)=O)[C@@H](OC(C)=O)[C@@H]1OC(C)=O. The molecule has 1 aromatic heterocycles. The number of esters is 4. The summed E-state index contributed by atoms with van der Waals surface area (Å²) in [6, 6.07) is 10.4. The Bertz CT molecular complexity index is 1330. The molecule has 1 aliphatic rings. The van der Waals surface area contributed by atoms with Gasteiger partial charge in [-0.25, -0.2) is 4.98 Å². The molecular weight excluding hydrogens is 546 g/mol. The number of carbonyl (C=O) groups excluding carboxylic acids is 4. The number of anilines is 1. The number of rotatable bonds is 8. The number of carbonyl (C=O) groups is 4. The summed E-state index contributed by atoms with van der Waals surface area (Å²) in [5.74, 6) is -2.85. The van der Waals surface area contributed by atoms with E-state index in [0.29, 0.717) is 21.8 Å². The molecule has 1 fully saturated rings. The van der Waals surface area contributed by atoms with Crippen molar-refractivity contribution in [2.45, 2.75) is 64.6 Å². The Morgan fingerprint density at radius 3 is 2.00 bits per heavy atom. The second-order valence-corrected chi connectivity index (χ2v) is 9.42. The minimum absolute atomic E-state index is 0.0458. The maximum Gasteiger partial charge on any atom is 0.303 e. The predicted molar refractivity (Wildman–Crippen MR) is 139 cm³/mol. The van der Waals surface area contributed by atoms with E-state index in [4.69, 9.17) is 41.0 Å². The summed E-state index contributed by atoms with van der Waals surface area (Å²) in [6.45, 7) is 4.27. The minimum atomic E-state index is -1.31. The molecule has 3 rings (SSSR count). The third-order valence-electron chi connectivity index (χ3n) is 5.86. The Balaban J connectivity index is 2.08. The fraction of sp³-hybridized carbons (Fsp3) is 0.407. The first kappa shape index (κ1) is 30.3. The zero-order chi connectivity index (χ0) is 29.6. The zero-order valence-corrected chi connectivity index (χ0v) is 23.0. The summed E-state index contributed by atoms with van der Waals surface area (Å²) in [5.41, 5.74) is 7.75. The Labute approximate surface area is 235 Å². The summed E-state index contributed by atoms with van der Waals surface area (Å²) >= 11 is 6.01. The third-order valence-corrected chi connectivity index (χ3v) is 6.12. The van der Waals surface area contributed by atoms with Crippen LogP contribution in [-0.2, 0) is 49.3 Å². The van der Waals surface area contributed by atoms with Crippen molar-refractivity contribution < 1.29 is 42.9 Å². The normalized spacial score (nSPS) is 21.9. The lowest BCUT2D eigenvalue weighted by molar-refractivity contribution is -0.252. The van der Waals surface area contributed by atoms with Crippen molar-refractivity contribution in [1.82, 2.24) is 4.98 Å². The molecule has 2 N–H and O–H groups in total. The van der Waals surface area contributed by atoms with Crippen molar-refractivity contribution in [3.63, 3.8) is 0 Å². The third kappa shape index (κ3) is 7.68. The monoisotopic (exact) mass is 573 g/mol. The second-order valence-electron chi connectivity index (χ2n) is 8.98. The number of benzene rings is 1. The minimum Gasteiger partial charge on any atom is -0.463 e. The van der Waals surface area contributed by atoms with Gasteiger partial charge in [-0.3, -0.25) is 19.2 Å². The number of aromatic nitrogens is 1. The fourth-order valence-electron chi connectivity index (χ4n) is 4.39. The Morgan fingerprint density at radius 2 is 1.48 bits per heavy atom. The van der Waals surface area contributed by atoms with Crippen molar-refractivity contribution in [2.75, 3.05) is 12.3 Å². The van der Waals surface area contributed by atoms with Crippen LogP contribution in [0.15, 0.2) is 30.3 Å². The largest absolute Gasteiger partial charge is 0.463 e. The predicted octanol–water partition coefficient (Wildman–Crippen LogP) is 2.52. The number of nitrogens with two attached hydrogens (primary N) is 1. The zero-order valence-electron chi connectivity index (χ0n) is 22.2. The van der Waals surface area contributed by atoms with E-state index in [-0.39, 0.29) is 24.4 Å². The molecule has 0 radical (unpaired) electrons. The molecule has 2 aromatic rings. The van der Waals surface area contributed by atoms with Gasteiger partial charge in [0, 0.05) is 50.4 Å². The lowest BCUT2D eigenvalue weighted by atomic mass is 9.91. The number of nitrogens with zero attached hydrogens (tertiary/aromatic N) is 2. The maximum atomic E-state index is 12.1. The number of nitriles is 1. The average molecular weight is 574 g/mol. The molecule has 2 heterocycles. The van der Waals surface area contributed by atoms with E-state index in [0.717, 1.165) is 20.8 Å². The molecule has 0 unspecified atom stereocenters. The first-order valence-corrected chi connectivity index (χ1v) is 12.5. The van der Waals surface area contributed by atoms with Gasteiger partial charge in [0.25, 0.3) is 0 Å². The summed E-state index contributed by atoms with van der Waals surface area (Å²) in [4.78, 5) is 52.0. The highest BCUT2D eigenvalue weighted by Gasteiger charge is 2.52. The van der Waals surface area contributed by atoms with Crippen LogP contribution in [0.1, 0.15) is 39.0 Å². The Kier molecular flexibility index (Phi) is 10.0. The topological polar surface area (TPSA) is 177 Å². The molecule has 212 valence electrons. The van der Waals surface area contributed by atoms with Crippen molar-refractivity contribution in [1.29, 1.82) is 5.26 Å². The van der Waals surface area contributed by atoms with E-state index in [1.54, 1.807) is 30.3 Å². The van der Waals surface area contributed by atoms with Gasteiger partial charge in [0.2, 0.25) is 0 Å². The molecule has 1 aliphatic heterocycles. The smallest absolute Gasteiger partial charge is 0.303 e. The van der Waals surface area contributed by atoms with E-state index in [2.05, 4.69) is 11.1 Å². The maximum absolute atomic E-state index is 12.1. The van der Waals surface area contributed by atoms with Crippen molar-refractivity contribution in [3.8, 4) is 17.2 Å². The summed E-state index contributed by atoms with van der Waals surface area (Å²) < 4.78 is 27.6. The van der Waals surface area contributed by atoms with Crippen molar-refractivity contribution in [2.24, 2.45) is 0 Å². The second kappa shape index (κ2) is 13.2. The van der Waals surface area contributed by atoms with E-state index in [1.807, 2.05) is 0 Å². The molecule has 0 bridgehead atoms. The first-order chi connectivity index (χ1) is 18.9. The van der Waals surface area contributed by atoms with Crippen molar-refractivity contribution in [3.05, 3.63) is 46.6 Å². The van der Waals surface area contributed by atoms with Gasteiger partial charge in [0.15, 0.2) is 18.3 Å². The van der Waals surface area contributed by atoms with Crippen LogP contribution in [0.3, 0.4) is 0 Å². The van der Waals surface area contributed by atoms with Gasteiger partial charge >= 0.3 is 23.9 Å². The molecule has 0 amide bonds. The lowest BCUT2D eigenvalue weighted by Gasteiger charge is -2.44. The van der Waals surface area contributed by atoms with Gasteiger partial charge in [-0.05, 0) is 23.8 Å².